The Balaban J connectivity index is 3.74. The summed E-state index contributed by atoms with van der Waals surface area (Å²) >= 11 is 4.39. The summed E-state index contributed by atoms with van der Waals surface area (Å²) in [7, 11) is 0. The Hall–Kier alpha value is 0.0500. The van der Waals surface area contributed by atoms with Crippen LogP contribution in [0, 0.1) is 5.41 Å². The van der Waals surface area contributed by atoms with Crippen molar-refractivity contribution in [3.63, 3.8) is 0 Å². The van der Waals surface area contributed by atoms with E-state index in [1.807, 2.05) is 6.08 Å². The van der Waals surface area contributed by atoms with Crippen LogP contribution >= 0.6 is 12.6 Å². The third-order valence-corrected chi connectivity index (χ3v) is 3.38. The molecule has 0 saturated heterocycles. The van der Waals surface area contributed by atoms with Gasteiger partial charge >= 0.3 is 0 Å². The van der Waals surface area contributed by atoms with Crippen molar-refractivity contribution in [3.8, 4) is 0 Å². The summed E-state index contributed by atoms with van der Waals surface area (Å²) < 4.78 is 5.59. The average molecular weight is 202 g/mol. The Labute approximate surface area is 88.0 Å². The minimum atomic E-state index is 0.282. The lowest BCUT2D eigenvalue weighted by atomic mass is 9.85. The van der Waals surface area contributed by atoms with Crippen LogP contribution in [0.4, 0.5) is 0 Å². The van der Waals surface area contributed by atoms with E-state index in [0.29, 0.717) is 0 Å². The van der Waals surface area contributed by atoms with Gasteiger partial charge in [-0.25, -0.2) is 0 Å². The van der Waals surface area contributed by atoms with Crippen molar-refractivity contribution in [1.29, 1.82) is 0 Å². The quantitative estimate of drug-likeness (QED) is 0.361. The molecule has 0 aromatic carbocycles. The number of rotatable bonds is 8. The Morgan fingerprint density at radius 3 is 2.38 bits per heavy atom. The Morgan fingerprint density at radius 2 is 2.00 bits per heavy atom. The van der Waals surface area contributed by atoms with Crippen molar-refractivity contribution in [2.24, 2.45) is 5.41 Å². The van der Waals surface area contributed by atoms with E-state index in [2.05, 4.69) is 33.1 Å². The summed E-state index contributed by atoms with van der Waals surface area (Å²) in [5, 5.41) is 0. The van der Waals surface area contributed by atoms with E-state index in [0.717, 1.165) is 38.2 Å². The fourth-order valence-corrected chi connectivity index (χ4v) is 1.72. The summed E-state index contributed by atoms with van der Waals surface area (Å²) in [4.78, 5) is 0. The molecule has 0 aromatic rings. The monoisotopic (exact) mass is 202 g/mol. The molecule has 0 saturated carbocycles. The van der Waals surface area contributed by atoms with Gasteiger partial charge in [0.05, 0.1) is 13.2 Å². The van der Waals surface area contributed by atoms with Crippen LogP contribution < -0.4 is 0 Å². The van der Waals surface area contributed by atoms with E-state index in [1.54, 1.807) is 0 Å². The number of thiol groups is 1. The highest BCUT2D eigenvalue weighted by atomic mass is 32.1. The van der Waals surface area contributed by atoms with Gasteiger partial charge in [0.1, 0.15) is 0 Å². The second-order valence-electron chi connectivity index (χ2n) is 3.50. The van der Waals surface area contributed by atoms with E-state index < -0.39 is 0 Å². The van der Waals surface area contributed by atoms with Gasteiger partial charge in [0.25, 0.3) is 0 Å². The zero-order valence-electron chi connectivity index (χ0n) is 8.88. The lowest BCUT2D eigenvalue weighted by Gasteiger charge is -2.29. The van der Waals surface area contributed by atoms with Crippen LogP contribution in [0.25, 0.3) is 0 Å². The minimum Gasteiger partial charge on any atom is -0.381 e. The van der Waals surface area contributed by atoms with Crippen molar-refractivity contribution in [1.82, 2.24) is 0 Å². The van der Waals surface area contributed by atoms with E-state index in [1.165, 1.54) is 0 Å². The molecule has 78 valence electrons. The number of hydrogen-bond acceptors (Lipinski definition) is 2. The summed E-state index contributed by atoms with van der Waals surface area (Å²) in [6.45, 7) is 9.69. The van der Waals surface area contributed by atoms with Crippen LogP contribution in [0.2, 0.25) is 0 Å². The van der Waals surface area contributed by atoms with Gasteiger partial charge in [-0.05, 0) is 25.0 Å². The van der Waals surface area contributed by atoms with Crippen LogP contribution in [0.1, 0.15) is 33.1 Å². The molecule has 0 aliphatic carbocycles. The first kappa shape index (κ1) is 13.1. The predicted octanol–water partition coefficient (Wildman–Crippen LogP) is 3.32. The molecule has 2 heteroatoms. The van der Waals surface area contributed by atoms with Crippen molar-refractivity contribution < 1.29 is 4.74 Å². The third-order valence-electron chi connectivity index (χ3n) is 2.71. The van der Waals surface area contributed by atoms with Gasteiger partial charge in [-0.15, -0.1) is 6.58 Å². The Bertz CT molecular complexity index is 122. The molecule has 0 aromatic heterocycles. The lowest BCUT2D eigenvalue weighted by molar-refractivity contribution is 0.0539. The van der Waals surface area contributed by atoms with E-state index in [4.69, 9.17) is 4.74 Å². The molecule has 0 unspecified atom stereocenters. The predicted molar refractivity (Wildman–Crippen MR) is 62.5 cm³/mol. The highest BCUT2D eigenvalue weighted by Gasteiger charge is 2.24. The molecular weight excluding hydrogens is 180 g/mol. The van der Waals surface area contributed by atoms with Gasteiger partial charge < -0.3 is 4.74 Å². The Morgan fingerprint density at radius 1 is 1.38 bits per heavy atom. The smallest absolute Gasteiger partial charge is 0.0530 e. The summed E-state index contributed by atoms with van der Waals surface area (Å²) in [6.07, 6.45) is 5.11. The Kier molecular flexibility index (Phi) is 7.48. The van der Waals surface area contributed by atoms with Crippen LogP contribution in [0.15, 0.2) is 12.7 Å². The molecule has 0 aliphatic heterocycles. The molecule has 0 aliphatic rings. The van der Waals surface area contributed by atoms with Gasteiger partial charge in [0, 0.05) is 5.41 Å². The first-order valence-corrected chi connectivity index (χ1v) is 5.67. The van der Waals surface area contributed by atoms with Crippen molar-refractivity contribution in [3.05, 3.63) is 12.7 Å². The number of ether oxygens (including phenoxy) is 1. The first-order valence-electron chi connectivity index (χ1n) is 5.04. The van der Waals surface area contributed by atoms with Crippen LogP contribution in [0.3, 0.4) is 0 Å². The molecule has 1 nitrogen and oxygen atoms in total. The van der Waals surface area contributed by atoms with E-state index in [-0.39, 0.29) is 5.41 Å². The standard InChI is InChI=1S/C11H22OS/c1-4-7-8-12-9-11(5-2,6-3)10-13/h4,13H,1,5-10H2,2-3H3. The molecule has 0 N–H and O–H groups in total. The fourth-order valence-electron chi connectivity index (χ4n) is 1.18. The largest absolute Gasteiger partial charge is 0.381 e. The molecule has 0 atom stereocenters. The number of hydrogen-bond donors (Lipinski definition) is 1. The second-order valence-corrected chi connectivity index (χ2v) is 3.81. The van der Waals surface area contributed by atoms with Crippen LogP contribution in [-0.4, -0.2) is 19.0 Å². The molecule has 0 radical (unpaired) electrons. The topological polar surface area (TPSA) is 9.23 Å². The minimum absolute atomic E-state index is 0.282. The second kappa shape index (κ2) is 7.45. The molecule has 0 fully saturated rings. The highest BCUT2D eigenvalue weighted by molar-refractivity contribution is 7.80. The van der Waals surface area contributed by atoms with Crippen molar-refractivity contribution in [2.75, 3.05) is 19.0 Å². The molecule has 0 heterocycles. The maximum absolute atomic E-state index is 5.59. The SMILES string of the molecule is C=CCCOCC(CC)(CC)CS. The van der Waals surface area contributed by atoms with E-state index in [9.17, 15) is 0 Å². The van der Waals surface area contributed by atoms with Gasteiger partial charge in [-0.3, -0.25) is 0 Å². The average Bonchev–Trinajstić information content (AvgIpc) is 2.20. The van der Waals surface area contributed by atoms with Gasteiger partial charge in [-0.1, -0.05) is 19.9 Å². The van der Waals surface area contributed by atoms with Gasteiger partial charge in [0.15, 0.2) is 0 Å². The van der Waals surface area contributed by atoms with Crippen LogP contribution in [0.5, 0.6) is 0 Å². The van der Waals surface area contributed by atoms with E-state index >= 15 is 0 Å². The third kappa shape index (κ3) is 4.72. The molecule has 0 spiro atoms. The molecule has 0 amide bonds. The zero-order chi connectivity index (χ0) is 10.2. The first-order chi connectivity index (χ1) is 6.24. The van der Waals surface area contributed by atoms with Gasteiger partial charge in [0.2, 0.25) is 0 Å². The van der Waals surface area contributed by atoms with Crippen molar-refractivity contribution in [2.45, 2.75) is 33.1 Å². The summed E-state index contributed by atoms with van der Waals surface area (Å²) in [6, 6.07) is 0. The highest BCUT2D eigenvalue weighted by Crippen LogP contribution is 2.27. The molecular formula is C11H22OS. The summed E-state index contributed by atoms with van der Waals surface area (Å²) in [5.41, 5.74) is 0.282. The maximum atomic E-state index is 5.59. The fraction of sp³-hybridized carbons (Fsp3) is 0.818. The zero-order valence-corrected chi connectivity index (χ0v) is 9.78. The van der Waals surface area contributed by atoms with Crippen molar-refractivity contribution >= 4 is 12.6 Å². The molecule has 0 bridgehead atoms. The maximum Gasteiger partial charge on any atom is 0.0530 e. The lowest BCUT2D eigenvalue weighted by Crippen LogP contribution is -2.27. The van der Waals surface area contributed by atoms with Crippen LogP contribution in [-0.2, 0) is 4.74 Å². The van der Waals surface area contributed by atoms with Gasteiger partial charge in [-0.2, -0.15) is 12.6 Å². The molecule has 0 rings (SSSR count). The normalized spacial score (nSPS) is 11.6. The summed E-state index contributed by atoms with van der Waals surface area (Å²) in [5.74, 6) is 0.911. The molecule has 13 heavy (non-hydrogen) atoms.